The highest BCUT2D eigenvalue weighted by atomic mass is 14.1. The highest BCUT2D eigenvalue weighted by Gasteiger charge is 2.10. The second-order valence-electron chi connectivity index (χ2n) is 2.20. The van der Waals surface area contributed by atoms with Crippen molar-refractivity contribution in [1.29, 1.82) is 0 Å². The molecule has 0 bridgehead atoms. The van der Waals surface area contributed by atoms with Crippen molar-refractivity contribution >= 4 is 0 Å². The lowest BCUT2D eigenvalue weighted by molar-refractivity contribution is 0.883. The van der Waals surface area contributed by atoms with E-state index in [1.165, 1.54) is 11.1 Å². The van der Waals surface area contributed by atoms with Crippen LogP contribution in [-0.4, -0.2) is 0 Å². The highest BCUT2D eigenvalue weighted by molar-refractivity contribution is 5.40. The molecule has 0 aromatic rings. The third-order valence-electron chi connectivity index (χ3n) is 1.62. The van der Waals surface area contributed by atoms with Crippen LogP contribution in [0.5, 0.6) is 0 Å². The van der Waals surface area contributed by atoms with Gasteiger partial charge in [-0.3, -0.25) is 0 Å². The zero-order valence-electron chi connectivity index (χ0n) is 5.15. The van der Waals surface area contributed by atoms with Crippen LogP contribution in [0.2, 0.25) is 0 Å². The van der Waals surface area contributed by atoms with Gasteiger partial charge in [-0.05, 0) is 11.1 Å². The van der Waals surface area contributed by atoms with Gasteiger partial charge in [-0.25, -0.2) is 0 Å². The summed E-state index contributed by atoms with van der Waals surface area (Å²) in [7, 11) is 0. The van der Waals surface area contributed by atoms with Crippen molar-refractivity contribution in [2.45, 2.75) is 6.92 Å². The van der Waals surface area contributed by atoms with Crippen molar-refractivity contribution in [2.75, 3.05) is 0 Å². The molecule has 8 heavy (non-hydrogen) atoms. The van der Waals surface area contributed by atoms with Gasteiger partial charge in [0, 0.05) is 5.92 Å². The van der Waals surface area contributed by atoms with E-state index in [9.17, 15) is 0 Å². The molecule has 42 valence electrons. The van der Waals surface area contributed by atoms with Crippen LogP contribution in [0.25, 0.3) is 0 Å². The van der Waals surface area contributed by atoms with Crippen LogP contribution in [0.3, 0.4) is 0 Å². The minimum Gasteiger partial charge on any atom is -0.0952 e. The van der Waals surface area contributed by atoms with E-state index in [0.717, 1.165) is 0 Å². The Morgan fingerprint density at radius 2 is 1.62 bits per heavy atom. The third-order valence-corrected chi connectivity index (χ3v) is 1.62. The third kappa shape index (κ3) is 0.623. The highest BCUT2D eigenvalue weighted by Crippen LogP contribution is 2.25. The lowest BCUT2D eigenvalue weighted by Crippen LogP contribution is -1.89. The molecule has 0 aliphatic heterocycles. The van der Waals surface area contributed by atoms with E-state index < -0.39 is 0 Å². The molecule has 0 unspecified atom stereocenters. The summed E-state index contributed by atoms with van der Waals surface area (Å²) in [6, 6.07) is 0. The average molecular weight is 106 g/mol. The summed E-state index contributed by atoms with van der Waals surface area (Å²) in [5.74, 6) is 0.481. The van der Waals surface area contributed by atoms with Gasteiger partial charge in [0.05, 0.1) is 0 Å². The zero-order valence-corrected chi connectivity index (χ0v) is 5.15. The van der Waals surface area contributed by atoms with Gasteiger partial charge in [0.15, 0.2) is 0 Å². The van der Waals surface area contributed by atoms with Gasteiger partial charge in [0.2, 0.25) is 0 Å². The minimum atomic E-state index is 0.481. The molecule has 0 atom stereocenters. The lowest BCUT2D eigenvalue weighted by Gasteiger charge is -2.01. The van der Waals surface area contributed by atoms with Crippen molar-refractivity contribution in [1.82, 2.24) is 0 Å². The fraction of sp³-hybridized carbons (Fsp3) is 0.250. The molecular weight excluding hydrogens is 96.1 g/mol. The first-order chi connectivity index (χ1) is 3.72. The maximum absolute atomic E-state index is 3.84. The Morgan fingerprint density at radius 3 is 1.75 bits per heavy atom. The van der Waals surface area contributed by atoms with E-state index >= 15 is 0 Å². The number of rotatable bonds is 0. The second kappa shape index (κ2) is 1.62. The molecule has 0 saturated heterocycles. The molecule has 0 nitrogen and oxygen atoms in total. The van der Waals surface area contributed by atoms with Crippen molar-refractivity contribution in [3.05, 3.63) is 36.5 Å². The van der Waals surface area contributed by atoms with E-state index in [0.29, 0.717) is 5.92 Å². The monoisotopic (exact) mass is 106 g/mol. The fourth-order valence-corrected chi connectivity index (χ4v) is 0.741. The second-order valence-corrected chi connectivity index (χ2v) is 2.20. The summed E-state index contributed by atoms with van der Waals surface area (Å²) in [4.78, 5) is 0. The van der Waals surface area contributed by atoms with Gasteiger partial charge >= 0.3 is 0 Å². The summed E-state index contributed by atoms with van der Waals surface area (Å²) in [5, 5.41) is 0. The number of hydrogen-bond donors (Lipinski definition) is 0. The quantitative estimate of drug-likeness (QED) is 0.444. The van der Waals surface area contributed by atoms with Crippen LogP contribution in [-0.2, 0) is 0 Å². The fourth-order valence-electron chi connectivity index (χ4n) is 0.741. The van der Waals surface area contributed by atoms with Gasteiger partial charge in [0.25, 0.3) is 0 Å². The van der Waals surface area contributed by atoms with Crippen LogP contribution in [0, 0.1) is 5.92 Å². The molecule has 0 spiro atoms. The molecule has 0 fully saturated rings. The molecule has 1 rings (SSSR count). The molecule has 0 N–H and O–H groups in total. The molecule has 1 aliphatic carbocycles. The topological polar surface area (TPSA) is 0 Å². The standard InChI is InChI=1S/C8H10/c1-6-4-5-7(2)8(6)3/h4-5,8H,1-2H2,3H3. The van der Waals surface area contributed by atoms with E-state index in [2.05, 4.69) is 20.1 Å². The Kier molecular flexibility index (Phi) is 1.09. The van der Waals surface area contributed by atoms with Crippen molar-refractivity contribution in [2.24, 2.45) is 5.92 Å². The van der Waals surface area contributed by atoms with Crippen LogP contribution >= 0.6 is 0 Å². The lowest BCUT2D eigenvalue weighted by atomic mass is 10.0. The Hall–Kier alpha value is -0.780. The van der Waals surface area contributed by atoms with Gasteiger partial charge in [-0.15, -0.1) is 0 Å². The maximum atomic E-state index is 3.84. The van der Waals surface area contributed by atoms with Crippen LogP contribution < -0.4 is 0 Å². The van der Waals surface area contributed by atoms with Gasteiger partial charge < -0.3 is 0 Å². The molecule has 0 aromatic carbocycles. The largest absolute Gasteiger partial charge is 0.0952 e. The molecule has 0 saturated carbocycles. The van der Waals surface area contributed by atoms with Crippen molar-refractivity contribution in [3.8, 4) is 0 Å². The predicted molar refractivity (Wildman–Crippen MR) is 36.6 cm³/mol. The number of hydrogen-bond acceptors (Lipinski definition) is 0. The van der Waals surface area contributed by atoms with Gasteiger partial charge in [-0.1, -0.05) is 32.2 Å². The summed E-state index contributed by atoms with van der Waals surface area (Å²) < 4.78 is 0. The van der Waals surface area contributed by atoms with Gasteiger partial charge in [0.1, 0.15) is 0 Å². The normalized spacial score (nSPS) is 20.6. The first kappa shape index (κ1) is 5.36. The molecule has 0 heteroatoms. The van der Waals surface area contributed by atoms with E-state index in [4.69, 9.17) is 0 Å². The molecule has 0 radical (unpaired) electrons. The first-order valence-corrected chi connectivity index (χ1v) is 2.77. The van der Waals surface area contributed by atoms with Crippen molar-refractivity contribution < 1.29 is 0 Å². The van der Waals surface area contributed by atoms with Gasteiger partial charge in [-0.2, -0.15) is 0 Å². The van der Waals surface area contributed by atoms with E-state index in [1.54, 1.807) is 0 Å². The molecule has 0 amide bonds. The Labute approximate surface area is 50.2 Å². The molecule has 0 heterocycles. The summed E-state index contributed by atoms with van der Waals surface area (Å²) in [5.41, 5.74) is 2.35. The minimum absolute atomic E-state index is 0.481. The SMILES string of the molecule is C=C1C=CC(=C)C1C. The Morgan fingerprint density at radius 1 is 1.25 bits per heavy atom. The Bertz CT molecular complexity index is 143. The number of allylic oxidation sites excluding steroid dienone is 4. The zero-order chi connectivity index (χ0) is 6.15. The molecule has 0 aromatic heterocycles. The van der Waals surface area contributed by atoms with E-state index in [-0.39, 0.29) is 0 Å². The van der Waals surface area contributed by atoms with Crippen LogP contribution in [0.1, 0.15) is 6.92 Å². The van der Waals surface area contributed by atoms with E-state index in [1.807, 2.05) is 12.2 Å². The summed E-state index contributed by atoms with van der Waals surface area (Å²) in [6.45, 7) is 9.79. The predicted octanol–water partition coefficient (Wildman–Crippen LogP) is 2.30. The maximum Gasteiger partial charge on any atom is 0.00492 e. The molecular formula is C8H10. The summed E-state index contributed by atoms with van der Waals surface area (Å²) >= 11 is 0. The smallest absolute Gasteiger partial charge is 0.00492 e. The Balaban J connectivity index is 2.84. The first-order valence-electron chi connectivity index (χ1n) is 2.77. The summed E-state index contributed by atoms with van der Waals surface area (Å²) in [6.07, 6.45) is 4.04. The van der Waals surface area contributed by atoms with Crippen molar-refractivity contribution in [3.63, 3.8) is 0 Å². The van der Waals surface area contributed by atoms with Crippen LogP contribution in [0.4, 0.5) is 0 Å². The van der Waals surface area contributed by atoms with Crippen LogP contribution in [0.15, 0.2) is 36.5 Å². The molecule has 1 aliphatic rings. The average Bonchev–Trinajstić information content (AvgIpc) is 1.98.